The Morgan fingerprint density at radius 1 is 0.844 bits per heavy atom. The third kappa shape index (κ3) is 6.14. The van der Waals surface area contributed by atoms with Crippen LogP contribution in [0.3, 0.4) is 0 Å². The van der Waals surface area contributed by atoms with Crippen LogP contribution >= 0.6 is 10.3 Å². The Bertz CT molecular complexity index is 852. The first-order chi connectivity index (χ1) is 15.5. The fraction of sp³-hybridized carbons (Fsp3) is 0.259. The largest absolute Gasteiger partial charge is 0.647 e. The number of hydrogen-bond acceptors (Lipinski definition) is 3. The Balaban J connectivity index is 1.83. The molecule has 3 nitrogen and oxygen atoms in total. The lowest BCUT2D eigenvalue weighted by atomic mass is 9.67. The second-order valence-electron chi connectivity index (χ2n) is 8.27. The van der Waals surface area contributed by atoms with Crippen LogP contribution in [0.25, 0.3) is 0 Å². The first-order valence-corrected chi connectivity index (χ1v) is 13.5. The third-order valence-corrected chi connectivity index (χ3v) is 7.34. The van der Waals surface area contributed by atoms with Gasteiger partial charge >= 0.3 is 7.32 Å². The van der Waals surface area contributed by atoms with Gasteiger partial charge in [-0.15, -0.1) is 6.58 Å². The lowest BCUT2D eigenvalue weighted by molar-refractivity contribution is 0.194. The topological polar surface area (TPSA) is 38.7 Å². The van der Waals surface area contributed by atoms with E-state index in [1.807, 2.05) is 36.8 Å². The van der Waals surface area contributed by atoms with Gasteiger partial charge in [-0.25, -0.2) is 0 Å². The molecule has 3 aromatic rings. The van der Waals surface area contributed by atoms with Gasteiger partial charge in [-0.05, 0) is 42.0 Å². The summed E-state index contributed by atoms with van der Waals surface area (Å²) in [7, 11) is -2.64. The fourth-order valence-corrected chi connectivity index (χ4v) is 5.34. The summed E-state index contributed by atoms with van der Waals surface area (Å²) in [6.45, 7) is 4.16. The van der Waals surface area contributed by atoms with Crippen molar-refractivity contribution in [2.45, 2.75) is 18.3 Å². The molecule has 0 saturated heterocycles. The van der Waals surface area contributed by atoms with Gasteiger partial charge in [0.05, 0.1) is 0 Å². The van der Waals surface area contributed by atoms with Crippen LogP contribution in [0, 0.1) is 0 Å². The van der Waals surface area contributed by atoms with Crippen molar-refractivity contribution in [1.29, 1.82) is 0 Å². The van der Waals surface area contributed by atoms with E-state index in [0.717, 1.165) is 12.8 Å². The highest BCUT2D eigenvalue weighted by atomic mass is 32.3. The van der Waals surface area contributed by atoms with Crippen LogP contribution in [0.2, 0.25) is 0 Å². The standard InChI is InChI=1S/C27H33BO3S/c1-4-23-32(2,3)31-28(29)30-22-14-21-27(24-15-8-5-9-16-24,25-17-10-6-11-18-25)26-19-12-7-13-20-26/h4-13,15-20,29H,1,14,21-23H2,2-3H3. The molecular weight excluding hydrogens is 415 g/mol. The van der Waals surface area contributed by atoms with Crippen LogP contribution in [0.1, 0.15) is 29.5 Å². The van der Waals surface area contributed by atoms with Gasteiger partial charge in [0.1, 0.15) is 0 Å². The molecular formula is C27H33BO3S. The molecule has 0 heterocycles. The molecule has 3 rings (SSSR count). The smallest absolute Gasteiger partial charge is 0.401 e. The fourth-order valence-electron chi connectivity index (χ4n) is 4.20. The van der Waals surface area contributed by atoms with Gasteiger partial charge in [0.15, 0.2) is 0 Å². The summed E-state index contributed by atoms with van der Waals surface area (Å²) in [6, 6.07) is 31.9. The molecule has 0 fully saturated rings. The van der Waals surface area contributed by atoms with Crippen molar-refractivity contribution in [3.05, 3.63) is 120 Å². The van der Waals surface area contributed by atoms with E-state index in [9.17, 15) is 5.02 Å². The van der Waals surface area contributed by atoms with Gasteiger partial charge < -0.3 is 13.8 Å². The average Bonchev–Trinajstić information content (AvgIpc) is 2.81. The molecule has 0 amide bonds. The van der Waals surface area contributed by atoms with Gasteiger partial charge in [-0.3, -0.25) is 0 Å². The maximum absolute atomic E-state index is 10.2. The second kappa shape index (κ2) is 11.5. The first kappa shape index (κ1) is 24.3. The Morgan fingerprint density at radius 3 is 1.69 bits per heavy atom. The van der Waals surface area contributed by atoms with Crippen molar-refractivity contribution < 1.29 is 13.8 Å². The summed E-state index contributed by atoms with van der Waals surface area (Å²) in [6.07, 6.45) is 7.39. The molecule has 168 valence electrons. The summed E-state index contributed by atoms with van der Waals surface area (Å²) in [5.74, 6) is 0.715. The zero-order valence-corrected chi connectivity index (χ0v) is 19.8. The lowest BCUT2D eigenvalue weighted by Crippen LogP contribution is -2.31. The summed E-state index contributed by atoms with van der Waals surface area (Å²) < 4.78 is 11.4. The van der Waals surface area contributed by atoms with Gasteiger partial charge in [0, 0.05) is 17.8 Å². The minimum Gasteiger partial charge on any atom is -0.401 e. The zero-order chi connectivity index (χ0) is 22.9. The van der Waals surface area contributed by atoms with Crippen molar-refractivity contribution in [2.75, 3.05) is 24.9 Å². The normalized spacial score (nSPS) is 12.3. The molecule has 0 aliphatic carbocycles. The molecule has 0 bridgehead atoms. The van der Waals surface area contributed by atoms with Crippen LogP contribution in [-0.2, 0) is 14.2 Å². The zero-order valence-electron chi connectivity index (χ0n) is 19.0. The predicted molar refractivity (Wildman–Crippen MR) is 138 cm³/mol. The molecule has 0 aromatic heterocycles. The predicted octanol–water partition coefficient (Wildman–Crippen LogP) is 5.98. The first-order valence-electron chi connectivity index (χ1n) is 10.9. The van der Waals surface area contributed by atoms with E-state index >= 15 is 0 Å². The quantitative estimate of drug-likeness (QED) is 0.160. The van der Waals surface area contributed by atoms with E-state index in [1.165, 1.54) is 16.7 Å². The summed E-state index contributed by atoms with van der Waals surface area (Å²) >= 11 is 0. The SMILES string of the molecule is C=CCS(C)(C)OB(O)OCCCC(c1ccccc1)(c1ccccc1)c1ccccc1. The number of rotatable bonds is 12. The molecule has 0 radical (unpaired) electrons. The van der Waals surface area contributed by atoms with Crippen molar-refractivity contribution in [3.63, 3.8) is 0 Å². The van der Waals surface area contributed by atoms with Gasteiger partial charge in [-0.2, -0.15) is 10.3 Å². The second-order valence-corrected chi connectivity index (χ2v) is 11.7. The molecule has 5 heteroatoms. The van der Waals surface area contributed by atoms with E-state index in [2.05, 4.69) is 79.4 Å². The minimum absolute atomic E-state index is 0.313. The van der Waals surface area contributed by atoms with E-state index in [4.69, 9.17) is 8.75 Å². The van der Waals surface area contributed by atoms with Gasteiger partial charge in [-0.1, -0.05) is 97.1 Å². The van der Waals surface area contributed by atoms with Crippen molar-refractivity contribution in [1.82, 2.24) is 0 Å². The average molecular weight is 448 g/mol. The molecule has 32 heavy (non-hydrogen) atoms. The Kier molecular flexibility index (Phi) is 8.77. The molecule has 0 saturated carbocycles. The van der Waals surface area contributed by atoms with Gasteiger partial charge in [0.25, 0.3) is 0 Å². The summed E-state index contributed by atoms with van der Waals surface area (Å²) in [5.41, 5.74) is 3.41. The molecule has 0 aliphatic rings. The van der Waals surface area contributed by atoms with Crippen LogP contribution in [0.15, 0.2) is 104 Å². The highest BCUT2D eigenvalue weighted by Crippen LogP contribution is 2.43. The lowest BCUT2D eigenvalue weighted by Gasteiger charge is -2.36. The molecule has 1 N–H and O–H groups in total. The van der Waals surface area contributed by atoms with E-state index in [0.29, 0.717) is 12.4 Å². The minimum atomic E-state index is -1.42. The maximum Gasteiger partial charge on any atom is 0.647 e. The van der Waals surface area contributed by atoms with Crippen LogP contribution in [0.5, 0.6) is 0 Å². The van der Waals surface area contributed by atoms with Crippen LogP contribution in [-0.4, -0.2) is 37.2 Å². The van der Waals surface area contributed by atoms with Crippen LogP contribution < -0.4 is 0 Å². The Hall–Kier alpha value is -2.31. The molecule has 3 aromatic carbocycles. The molecule has 0 spiro atoms. The summed E-state index contributed by atoms with van der Waals surface area (Å²) in [5, 5.41) is 10.2. The monoisotopic (exact) mass is 448 g/mol. The van der Waals surface area contributed by atoms with Crippen molar-refractivity contribution >= 4 is 17.6 Å². The molecule has 0 aliphatic heterocycles. The Morgan fingerprint density at radius 2 is 1.28 bits per heavy atom. The highest BCUT2D eigenvalue weighted by molar-refractivity contribution is 8.29. The Labute approximate surface area is 194 Å². The van der Waals surface area contributed by atoms with E-state index < -0.39 is 17.6 Å². The van der Waals surface area contributed by atoms with Gasteiger partial charge in [0.2, 0.25) is 0 Å². The summed E-state index contributed by atoms with van der Waals surface area (Å²) in [4.78, 5) is 0. The molecule has 0 atom stereocenters. The number of hydrogen-bond donors (Lipinski definition) is 1. The van der Waals surface area contributed by atoms with Crippen molar-refractivity contribution in [2.24, 2.45) is 0 Å². The van der Waals surface area contributed by atoms with E-state index in [1.54, 1.807) is 0 Å². The number of benzene rings is 3. The third-order valence-electron chi connectivity index (χ3n) is 5.62. The van der Waals surface area contributed by atoms with E-state index in [-0.39, 0.29) is 5.41 Å². The van der Waals surface area contributed by atoms with Crippen LogP contribution in [0.4, 0.5) is 0 Å². The molecule has 0 unspecified atom stereocenters. The maximum atomic E-state index is 10.2. The van der Waals surface area contributed by atoms with Crippen molar-refractivity contribution in [3.8, 4) is 0 Å². The highest BCUT2D eigenvalue weighted by Gasteiger charge is 2.36.